The highest BCUT2D eigenvalue weighted by Crippen LogP contribution is 2.12. The van der Waals surface area contributed by atoms with Crippen LogP contribution in [0.5, 0.6) is 0 Å². The van der Waals surface area contributed by atoms with E-state index in [-0.39, 0.29) is 11.4 Å². The summed E-state index contributed by atoms with van der Waals surface area (Å²) in [5, 5.41) is 3.05. The number of aryl methyl sites for hydroxylation is 2. The molecule has 8 heteroatoms. The highest BCUT2D eigenvalue weighted by Gasteiger charge is 2.13. The number of aromatic nitrogens is 2. The summed E-state index contributed by atoms with van der Waals surface area (Å²) in [6, 6.07) is 8.80. The summed E-state index contributed by atoms with van der Waals surface area (Å²) in [4.78, 5) is 10.8. The van der Waals surface area contributed by atoms with Gasteiger partial charge in [-0.1, -0.05) is 19.1 Å². The fraction of sp³-hybridized carbons (Fsp3) is 0.412. The Morgan fingerprint density at radius 1 is 1.08 bits per heavy atom. The minimum Gasteiger partial charge on any atom is -0.363 e. The Labute approximate surface area is 149 Å². The van der Waals surface area contributed by atoms with E-state index in [1.807, 2.05) is 51.0 Å². The smallest absolute Gasteiger partial charge is 0.240 e. The Kier molecular flexibility index (Phi) is 6.33. The van der Waals surface area contributed by atoms with E-state index >= 15 is 0 Å². The fourth-order valence-corrected chi connectivity index (χ4v) is 3.24. The molecule has 2 rings (SSSR count). The zero-order valence-electron chi connectivity index (χ0n) is 15.1. The maximum Gasteiger partial charge on any atom is 0.240 e. The van der Waals surface area contributed by atoms with Crippen molar-refractivity contribution in [1.29, 1.82) is 0 Å². The van der Waals surface area contributed by atoms with Crippen molar-refractivity contribution < 1.29 is 8.42 Å². The second-order valence-electron chi connectivity index (χ2n) is 5.91. The first-order valence-electron chi connectivity index (χ1n) is 8.17. The molecule has 0 aliphatic carbocycles. The first-order chi connectivity index (χ1) is 11.8. The van der Waals surface area contributed by atoms with Crippen LogP contribution in [-0.2, 0) is 16.4 Å². The number of sulfonamides is 1. The second kappa shape index (κ2) is 8.26. The Morgan fingerprint density at radius 3 is 2.36 bits per heavy atom. The molecule has 0 saturated carbocycles. The van der Waals surface area contributed by atoms with E-state index in [9.17, 15) is 8.42 Å². The molecular weight excluding hydrogens is 338 g/mol. The van der Waals surface area contributed by atoms with Crippen molar-refractivity contribution in [2.24, 2.45) is 0 Å². The highest BCUT2D eigenvalue weighted by atomic mass is 32.2. The Morgan fingerprint density at radius 2 is 1.76 bits per heavy atom. The van der Waals surface area contributed by atoms with Gasteiger partial charge in [0, 0.05) is 38.9 Å². The molecule has 0 aliphatic heterocycles. The van der Waals surface area contributed by atoms with Crippen molar-refractivity contribution in [1.82, 2.24) is 14.7 Å². The third-order valence-corrected chi connectivity index (χ3v) is 5.12. The van der Waals surface area contributed by atoms with E-state index in [1.165, 1.54) is 0 Å². The molecule has 0 radical (unpaired) electrons. The largest absolute Gasteiger partial charge is 0.363 e. The van der Waals surface area contributed by atoms with Crippen molar-refractivity contribution in [3.63, 3.8) is 0 Å². The lowest BCUT2D eigenvalue weighted by Gasteiger charge is -2.14. The van der Waals surface area contributed by atoms with E-state index in [4.69, 9.17) is 0 Å². The summed E-state index contributed by atoms with van der Waals surface area (Å²) in [5.41, 5.74) is 1.95. The number of benzene rings is 1. The van der Waals surface area contributed by atoms with Crippen molar-refractivity contribution in [2.45, 2.75) is 25.2 Å². The summed E-state index contributed by atoms with van der Waals surface area (Å²) in [5.74, 6) is 1.28. The van der Waals surface area contributed by atoms with Gasteiger partial charge in [0.25, 0.3) is 0 Å². The van der Waals surface area contributed by atoms with Gasteiger partial charge >= 0.3 is 0 Å². The molecule has 1 aromatic heterocycles. The maximum absolute atomic E-state index is 12.3. The molecule has 0 amide bonds. The molecule has 0 spiro atoms. The van der Waals surface area contributed by atoms with Crippen LogP contribution >= 0.6 is 0 Å². The van der Waals surface area contributed by atoms with E-state index in [2.05, 4.69) is 20.0 Å². The lowest BCUT2D eigenvalue weighted by molar-refractivity contribution is 0.583. The molecular formula is C17H25N5O2S. The summed E-state index contributed by atoms with van der Waals surface area (Å²) in [6.45, 7) is 4.56. The molecule has 1 aromatic carbocycles. The van der Waals surface area contributed by atoms with E-state index < -0.39 is 10.0 Å². The summed E-state index contributed by atoms with van der Waals surface area (Å²) >= 11 is 0. The molecule has 2 N–H and O–H groups in total. The van der Waals surface area contributed by atoms with Gasteiger partial charge in [-0.3, -0.25) is 0 Å². The molecule has 0 atom stereocenters. The normalized spacial score (nSPS) is 11.4. The van der Waals surface area contributed by atoms with Gasteiger partial charge in [-0.2, -0.15) is 4.98 Å². The quantitative estimate of drug-likeness (QED) is 0.696. The SMILES string of the molecule is CCc1ccc(S(=O)(=O)NCCNc2nc(C)cc(N(C)C)n2)cc1. The molecule has 1 heterocycles. The van der Waals surface area contributed by atoms with E-state index in [0.717, 1.165) is 23.5 Å². The van der Waals surface area contributed by atoms with Crippen LogP contribution in [-0.4, -0.2) is 45.6 Å². The zero-order valence-corrected chi connectivity index (χ0v) is 15.9. The number of hydrogen-bond acceptors (Lipinski definition) is 6. The number of hydrogen-bond donors (Lipinski definition) is 2. The van der Waals surface area contributed by atoms with Crippen molar-refractivity contribution in [3.8, 4) is 0 Å². The van der Waals surface area contributed by atoms with Gasteiger partial charge in [-0.25, -0.2) is 18.1 Å². The van der Waals surface area contributed by atoms with Crippen LogP contribution in [0.15, 0.2) is 35.2 Å². The van der Waals surface area contributed by atoms with Gasteiger partial charge in [0.1, 0.15) is 5.82 Å². The minimum absolute atomic E-state index is 0.243. The lowest BCUT2D eigenvalue weighted by atomic mass is 10.2. The number of nitrogens with zero attached hydrogens (tertiary/aromatic N) is 3. The van der Waals surface area contributed by atoms with Gasteiger partial charge in [0.05, 0.1) is 4.90 Å². The molecule has 0 unspecified atom stereocenters. The molecule has 25 heavy (non-hydrogen) atoms. The number of anilines is 2. The van der Waals surface area contributed by atoms with Crippen molar-refractivity contribution in [3.05, 3.63) is 41.6 Å². The number of nitrogens with one attached hydrogen (secondary N) is 2. The summed E-state index contributed by atoms with van der Waals surface area (Å²) < 4.78 is 27.1. The topological polar surface area (TPSA) is 87.2 Å². The van der Waals surface area contributed by atoms with Gasteiger partial charge < -0.3 is 10.2 Å². The third kappa shape index (κ3) is 5.40. The second-order valence-corrected chi connectivity index (χ2v) is 7.67. The van der Waals surface area contributed by atoms with E-state index in [1.54, 1.807) is 12.1 Å². The lowest BCUT2D eigenvalue weighted by Crippen LogP contribution is -2.29. The number of rotatable bonds is 8. The predicted octanol–water partition coefficient (Wildman–Crippen LogP) is 1.80. The first kappa shape index (κ1) is 19.1. The summed E-state index contributed by atoms with van der Waals surface area (Å²) in [7, 11) is 0.304. The van der Waals surface area contributed by atoms with Crippen LogP contribution in [0.2, 0.25) is 0 Å². The minimum atomic E-state index is -3.51. The molecule has 0 aliphatic rings. The molecule has 136 valence electrons. The zero-order chi connectivity index (χ0) is 18.4. The first-order valence-corrected chi connectivity index (χ1v) is 9.65. The van der Waals surface area contributed by atoms with Crippen molar-refractivity contribution >= 4 is 21.8 Å². The molecule has 7 nitrogen and oxygen atoms in total. The average Bonchev–Trinajstić information content (AvgIpc) is 2.58. The Bertz CT molecular complexity index is 804. The van der Waals surface area contributed by atoms with Crippen LogP contribution in [0.3, 0.4) is 0 Å². The van der Waals surface area contributed by atoms with Gasteiger partial charge in [-0.15, -0.1) is 0 Å². The molecule has 0 saturated heterocycles. The summed E-state index contributed by atoms with van der Waals surface area (Å²) in [6.07, 6.45) is 0.878. The maximum atomic E-state index is 12.3. The van der Waals surface area contributed by atoms with Crippen LogP contribution in [0.1, 0.15) is 18.2 Å². The standard InChI is InChI=1S/C17H25N5O2S/c1-5-14-6-8-15(9-7-14)25(23,24)19-11-10-18-17-20-13(2)12-16(21-17)22(3)4/h6-9,12,19H,5,10-11H2,1-4H3,(H,18,20,21). The highest BCUT2D eigenvalue weighted by molar-refractivity contribution is 7.89. The predicted molar refractivity (Wildman–Crippen MR) is 101 cm³/mol. The molecule has 2 aromatic rings. The van der Waals surface area contributed by atoms with Crippen LogP contribution in [0, 0.1) is 6.92 Å². The average molecular weight is 363 g/mol. The Hall–Kier alpha value is -2.19. The Balaban J connectivity index is 1.91. The van der Waals surface area contributed by atoms with E-state index in [0.29, 0.717) is 12.5 Å². The fourth-order valence-electron chi connectivity index (χ4n) is 2.21. The van der Waals surface area contributed by atoms with Gasteiger partial charge in [0.2, 0.25) is 16.0 Å². The third-order valence-electron chi connectivity index (χ3n) is 3.64. The van der Waals surface area contributed by atoms with Gasteiger partial charge in [0.15, 0.2) is 0 Å². The van der Waals surface area contributed by atoms with Crippen LogP contribution < -0.4 is 14.9 Å². The van der Waals surface area contributed by atoms with Crippen LogP contribution in [0.25, 0.3) is 0 Å². The molecule has 0 fully saturated rings. The van der Waals surface area contributed by atoms with Gasteiger partial charge in [-0.05, 0) is 31.0 Å². The monoisotopic (exact) mass is 363 g/mol. The van der Waals surface area contributed by atoms with Crippen molar-refractivity contribution in [2.75, 3.05) is 37.4 Å². The van der Waals surface area contributed by atoms with Crippen LogP contribution in [0.4, 0.5) is 11.8 Å². The molecule has 0 bridgehead atoms.